The van der Waals surface area contributed by atoms with Crippen LogP contribution in [0.1, 0.15) is 12.0 Å². The van der Waals surface area contributed by atoms with Gasteiger partial charge in [0, 0.05) is 13.1 Å². The van der Waals surface area contributed by atoms with Gasteiger partial charge in [-0.1, -0.05) is 30.3 Å². The molecule has 0 saturated carbocycles. The lowest BCUT2D eigenvalue weighted by Crippen LogP contribution is -2.29. The molecular formula is C18H20FN3O3S. The molecule has 0 atom stereocenters. The zero-order valence-corrected chi connectivity index (χ0v) is 14.9. The fourth-order valence-electron chi connectivity index (χ4n) is 2.81. The van der Waals surface area contributed by atoms with Crippen LogP contribution in [0.5, 0.6) is 0 Å². The Morgan fingerprint density at radius 3 is 2.62 bits per heavy atom. The summed E-state index contributed by atoms with van der Waals surface area (Å²) in [4.78, 5) is 14.7. The first-order valence-corrected chi connectivity index (χ1v) is 10.00. The lowest BCUT2D eigenvalue weighted by Gasteiger charge is -2.08. The van der Waals surface area contributed by atoms with Gasteiger partial charge in [0.25, 0.3) is 0 Å². The van der Waals surface area contributed by atoms with Gasteiger partial charge in [0.2, 0.25) is 10.0 Å². The third-order valence-corrected chi connectivity index (χ3v) is 5.55. The summed E-state index contributed by atoms with van der Waals surface area (Å²) in [7, 11) is -3.50. The lowest BCUT2D eigenvalue weighted by atomic mass is 10.2. The van der Waals surface area contributed by atoms with Crippen LogP contribution in [0.2, 0.25) is 0 Å². The Kier molecular flexibility index (Phi) is 5.53. The van der Waals surface area contributed by atoms with E-state index in [1.807, 2.05) is 24.3 Å². The largest absolute Gasteiger partial charge is 0.326 e. The van der Waals surface area contributed by atoms with E-state index in [1.54, 1.807) is 22.8 Å². The van der Waals surface area contributed by atoms with Gasteiger partial charge in [-0.15, -0.1) is 0 Å². The van der Waals surface area contributed by atoms with Crippen molar-refractivity contribution in [2.24, 2.45) is 0 Å². The van der Waals surface area contributed by atoms with Crippen molar-refractivity contribution in [3.8, 4) is 0 Å². The molecule has 0 radical (unpaired) electrons. The number of rotatable bonds is 8. The van der Waals surface area contributed by atoms with E-state index in [4.69, 9.17) is 0 Å². The van der Waals surface area contributed by atoms with Gasteiger partial charge < -0.3 is 4.98 Å². The molecule has 1 heterocycles. The van der Waals surface area contributed by atoms with Crippen molar-refractivity contribution in [2.45, 2.75) is 19.4 Å². The quantitative estimate of drug-likeness (QED) is 0.589. The van der Waals surface area contributed by atoms with Crippen molar-refractivity contribution in [2.75, 3.05) is 12.3 Å². The number of aromatic amines is 1. The Morgan fingerprint density at radius 1 is 1.08 bits per heavy atom. The van der Waals surface area contributed by atoms with Crippen LogP contribution in [-0.2, 0) is 23.0 Å². The molecule has 0 bridgehead atoms. The molecule has 3 aromatic rings. The number of halogens is 1. The second-order valence-electron chi connectivity index (χ2n) is 6.01. The fraction of sp³-hybridized carbons (Fsp3) is 0.278. The number of H-pyrrole nitrogens is 1. The predicted molar refractivity (Wildman–Crippen MR) is 99.1 cm³/mol. The summed E-state index contributed by atoms with van der Waals surface area (Å²) in [6.45, 7) is 0.615. The van der Waals surface area contributed by atoms with Crippen LogP contribution < -0.4 is 10.4 Å². The molecule has 0 fully saturated rings. The van der Waals surface area contributed by atoms with Crippen molar-refractivity contribution >= 4 is 21.1 Å². The molecule has 2 N–H and O–H groups in total. The number of benzene rings is 2. The highest BCUT2D eigenvalue weighted by molar-refractivity contribution is 7.89. The second-order valence-corrected chi connectivity index (χ2v) is 7.93. The number of hydrogen-bond acceptors (Lipinski definition) is 3. The minimum Gasteiger partial charge on any atom is -0.306 e. The van der Waals surface area contributed by atoms with Crippen molar-refractivity contribution in [1.82, 2.24) is 14.3 Å². The summed E-state index contributed by atoms with van der Waals surface area (Å²) in [5.41, 5.74) is 1.71. The van der Waals surface area contributed by atoms with Crippen molar-refractivity contribution in [1.29, 1.82) is 0 Å². The van der Waals surface area contributed by atoms with E-state index in [9.17, 15) is 17.6 Å². The number of aryl methyl sites for hydroxylation is 2. The fourth-order valence-corrected chi connectivity index (χ4v) is 3.90. The molecule has 26 heavy (non-hydrogen) atoms. The summed E-state index contributed by atoms with van der Waals surface area (Å²) in [6.07, 6.45) is 0.588. The molecular weight excluding hydrogens is 357 g/mol. The van der Waals surface area contributed by atoms with Gasteiger partial charge in [-0.2, -0.15) is 0 Å². The molecule has 0 aliphatic rings. The van der Waals surface area contributed by atoms with Gasteiger partial charge in [0.15, 0.2) is 0 Å². The average molecular weight is 377 g/mol. The number of nitrogens with zero attached hydrogens (tertiary/aromatic N) is 1. The van der Waals surface area contributed by atoms with Crippen LogP contribution in [0.3, 0.4) is 0 Å². The Hall–Kier alpha value is -2.45. The first-order valence-electron chi connectivity index (χ1n) is 8.34. The molecule has 2 aromatic carbocycles. The van der Waals surface area contributed by atoms with E-state index < -0.39 is 15.8 Å². The molecule has 138 valence electrons. The van der Waals surface area contributed by atoms with Crippen molar-refractivity contribution < 1.29 is 12.8 Å². The van der Waals surface area contributed by atoms with Crippen LogP contribution in [0, 0.1) is 5.82 Å². The Balaban J connectivity index is 1.51. The monoisotopic (exact) mass is 377 g/mol. The molecule has 0 amide bonds. The van der Waals surface area contributed by atoms with Crippen LogP contribution in [0.25, 0.3) is 11.0 Å². The number of imidazole rings is 1. The second kappa shape index (κ2) is 7.84. The molecule has 0 unspecified atom stereocenters. The Bertz CT molecular complexity index is 1060. The Labute approximate surface area is 150 Å². The average Bonchev–Trinajstić information content (AvgIpc) is 2.93. The third-order valence-electron chi connectivity index (χ3n) is 4.16. The topological polar surface area (TPSA) is 84.0 Å². The zero-order valence-electron chi connectivity index (χ0n) is 14.1. The highest BCUT2D eigenvalue weighted by Crippen LogP contribution is 2.10. The number of hydrogen-bond donors (Lipinski definition) is 2. The molecule has 0 spiro atoms. The van der Waals surface area contributed by atoms with Gasteiger partial charge in [0.05, 0.1) is 16.8 Å². The maximum absolute atomic E-state index is 13.5. The van der Waals surface area contributed by atoms with E-state index in [0.717, 1.165) is 11.0 Å². The van der Waals surface area contributed by atoms with Gasteiger partial charge in [-0.3, -0.25) is 4.57 Å². The van der Waals surface area contributed by atoms with Gasteiger partial charge in [-0.05, 0) is 36.6 Å². The summed E-state index contributed by atoms with van der Waals surface area (Å²) in [5.74, 6) is -0.581. The third kappa shape index (κ3) is 4.39. The Morgan fingerprint density at radius 2 is 1.81 bits per heavy atom. The van der Waals surface area contributed by atoms with Gasteiger partial charge >= 0.3 is 5.69 Å². The lowest BCUT2D eigenvalue weighted by molar-refractivity contribution is 0.567. The minimum absolute atomic E-state index is 0.115. The summed E-state index contributed by atoms with van der Waals surface area (Å²) < 4.78 is 41.7. The molecule has 8 heteroatoms. The molecule has 0 aliphatic carbocycles. The van der Waals surface area contributed by atoms with E-state index in [2.05, 4.69) is 9.71 Å². The van der Waals surface area contributed by atoms with Crippen LogP contribution >= 0.6 is 0 Å². The van der Waals surface area contributed by atoms with Crippen LogP contribution in [0.15, 0.2) is 53.3 Å². The summed E-state index contributed by atoms with van der Waals surface area (Å²) >= 11 is 0. The van der Waals surface area contributed by atoms with Crippen molar-refractivity contribution in [3.63, 3.8) is 0 Å². The molecule has 3 rings (SSSR count). The van der Waals surface area contributed by atoms with Crippen LogP contribution in [0.4, 0.5) is 4.39 Å². The summed E-state index contributed by atoms with van der Waals surface area (Å²) in [5, 5.41) is 0. The van der Waals surface area contributed by atoms with Gasteiger partial charge in [0.1, 0.15) is 5.82 Å². The first kappa shape index (κ1) is 18.3. The maximum Gasteiger partial charge on any atom is 0.326 e. The highest BCUT2D eigenvalue weighted by atomic mass is 32.2. The first-order chi connectivity index (χ1) is 12.5. The smallest absolute Gasteiger partial charge is 0.306 e. The number of nitrogens with one attached hydrogen (secondary N) is 2. The molecule has 0 saturated heterocycles. The maximum atomic E-state index is 13.5. The highest BCUT2D eigenvalue weighted by Gasteiger charge is 2.12. The molecule has 0 aliphatic heterocycles. The van der Waals surface area contributed by atoms with Gasteiger partial charge in [-0.25, -0.2) is 22.3 Å². The number of fused-ring (bicyclic) bond motifs is 1. The van der Waals surface area contributed by atoms with E-state index in [0.29, 0.717) is 18.5 Å². The molecule has 6 nitrogen and oxygen atoms in total. The minimum atomic E-state index is -3.50. The standard InChI is InChI=1S/C18H20FN3O3S/c19-15-7-2-1-6-14(15)10-13-26(24,25)20-11-5-12-22-17-9-4-3-8-16(17)21-18(22)23/h1-4,6-9,20H,5,10-13H2,(H,21,23). The predicted octanol–water partition coefficient (Wildman–Crippen LogP) is 2.02. The van der Waals surface area contributed by atoms with Crippen LogP contribution in [-0.4, -0.2) is 30.3 Å². The molecule has 1 aromatic heterocycles. The van der Waals surface area contributed by atoms with Crippen molar-refractivity contribution in [3.05, 3.63) is 70.4 Å². The summed E-state index contributed by atoms with van der Waals surface area (Å²) in [6, 6.07) is 13.5. The van der Waals surface area contributed by atoms with E-state index in [1.165, 1.54) is 6.07 Å². The number of para-hydroxylation sites is 2. The van der Waals surface area contributed by atoms with E-state index >= 15 is 0 Å². The SMILES string of the molecule is O=c1[nH]c2ccccc2n1CCCNS(=O)(=O)CCc1ccccc1F. The normalized spacial score (nSPS) is 11.9. The van der Waals surface area contributed by atoms with E-state index in [-0.39, 0.29) is 24.4 Å². The number of aromatic nitrogens is 2. The zero-order chi connectivity index (χ0) is 18.6. The number of sulfonamides is 1.